The molecule has 2 atom stereocenters. The van der Waals surface area contributed by atoms with Gasteiger partial charge in [0, 0.05) is 80.1 Å². The van der Waals surface area contributed by atoms with E-state index in [1.807, 2.05) is 6.20 Å². The van der Waals surface area contributed by atoms with Gasteiger partial charge in [-0.05, 0) is 332 Å². The third-order valence-corrected chi connectivity index (χ3v) is 36.4. The molecule has 12 aromatic rings. The minimum absolute atomic E-state index is 0. The third-order valence-electron chi connectivity index (χ3n) is 36.4. The molecular weight excluding hydrogens is 2080 g/mol. The Balaban J connectivity index is 0.000000193. The van der Waals surface area contributed by atoms with Crippen LogP contribution in [0.15, 0.2) is 200 Å². The van der Waals surface area contributed by atoms with E-state index < -0.39 is 0 Å². The Morgan fingerprint density at radius 2 is 0.690 bits per heavy atom. The summed E-state index contributed by atoms with van der Waals surface area (Å²) in [6.45, 7) is 18.5. The number of aromatic nitrogens is 5. The zero-order valence-corrected chi connectivity index (χ0v) is 92.8. The first-order valence-corrected chi connectivity index (χ1v) is 57.5. The molecule has 3 heterocycles. The van der Waals surface area contributed by atoms with Crippen molar-refractivity contribution in [2.24, 2.45) is 23.7 Å². The first kappa shape index (κ1) is 105. The molecule has 6 saturated carbocycles. The van der Waals surface area contributed by atoms with E-state index in [4.69, 9.17) is 24.9 Å². The zero-order chi connectivity index (χ0) is 95.8. The first-order chi connectivity index (χ1) is 68.8. The van der Waals surface area contributed by atoms with Crippen molar-refractivity contribution in [1.82, 2.24) is 24.9 Å². The molecule has 0 bridgehead atoms. The van der Waals surface area contributed by atoms with Gasteiger partial charge in [0.25, 0.3) is 0 Å². The first-order valence-electron chi connectivity index (χ1n) is 57.5. The maximum atomic E-state index is 5.49. The molecule has 750 valence electrons. The fourth-order valence-corrected chi connectivity index (χ4v) is 29.1. The molecule has 2 radical (unpaired) electrons. The summed E-state index contributed by atoms with van der Waals surface area (Å²) in [6.07, 6.45) is 71.8. The van der Waals surface area contributed by atoms with Crippen LogP contribution in [0.4, 0.5) is 0 Å². The number of fused-ring (bicyclic) bond motifs is 6. The molecular formula is C135H165Ir2N5-2. The van der Waals surface area contributed by atoms with Crippen molar-refractivity contribution < 1.29 is 40.2 Å². The van der Waals surface area contributed by atoms with Crippen LogP contribution < -0.4 is 0 Å². The van der Waals surface area contributed by atoms with E-state index >= 15 is 0 Å². The van der Waals surface area contributed by atoms with Crippen molar-refractivity contribution in [1.29, 1.82) is 0 Å². The number of benzene rings is 9. The second-order valence-electron chi connectivity index (χ2n) is 45.5. The number of hydrogen-bond donors (Lipinski definition) is 0. The monoisotopic (exact) mass is 2240 g/mol. The van der Waals surface area contributed by atoms with Gasteiger partial charge in [-0.1, -0.05) is 378 Å². The normalized spacial score (nSPS) is 20.3. The van der Waals surface area contributed by atoms with E-state index in [-0.39, 0.29) is 61.9 Å². The van der Waals surface area contributed by atoms with Gasteiger partial charge < -0.3 is 9.97 Å². The van der Waals surface area contributed by atoms with Crippen LogP contribution in [-0.4, -0.2) is 24.9 Å². The van der Waals surface area contributed by atoms with Gasteiger partial charge >= 0.3 is 0 Å². The predicted octanol–water partition coefficient (Wildman–Crippen LogP) is 38.1. The maximum absolute atomic E-state index is 5.49. The molecule has 6 fully saturated rings. The molecule has 20 rings (SSSR count). The topological polar surface area (TPSA) is 64.5 Å². The third kappa shape index (κ3) is 22.7. The minimum atomic E-state index is 0. The Kier molecular flexibility index (Phi) is 36.5. The summed E-state index contributed by atoms with van der Waals surface area (Å²) in [6, 6.07) is 81.3. The van der Waals surface area contributed by atoms with Gasteiger partial charge in [0.1, 0.15) is 0 Å². The van der Waals surface area contributed by atoms with Gasteiger partial charge in [0.05, 0.1) is 0 Å². The van der Waals surface area contributed by atoms with Crippen molar-refractivity contribution in [3.8, 4) is 112 Å². The quantitative estimate of drug-likeness (QED) is 0.0282. The van der Waals surface area contributed by atoms with E-state index in [9.17, 15) is 0 Å². The van der Waals surface area contributed by atoms with Crippen LogP contribution in [0.2, 0.25) is 0 Å². The van der Waals surface area contributed by atoms with Crippen LogP contribution in [0.25, 0.3) is 112 Å². The minimum Gasteiger partial charge on any atom is -0.304 e. The van der Waals surface area contributed by atoms with Gasteiger partial charge in [-0.3, -0.25) is 0 Å². The van der Waals surface area contributed by atoms with Crippen LogP contribution in [0.1, 0.15) is 404 Å². The van der Waals surface area contributed by atoms with Crippen LogP contribution in [0.3, 0.4) is 0 Å². The number of rotatable bonds is 42. The molecule has 8 aliphatic carbocycles. The number of nitrogens with zero attached hydrogens (tertiary/aromatic N) is 5. The molecule has 9 aromatic carbocycles. The molecule has 0 amide bonds. The smallest absolute Gasteiger partial charge is 0.165 e. The summed E-state index contributed by atoms with van der Waals surface area (Å²) < 4.78 is 0. The maximum Gasteiger partial charge on any atom is 0.165 e. The van der Waals surface area contributed by atoms with Crippen LogP contribution in [-0.2, 0) is 100 Å². The molecule has 0 saturated heterocycles. The zero-order valence-electron chi connectivity index (χ0n) is 88.0. The number of unbranched alkanes of at least 4 members (excludes halogenated alkanes) is 18. The average Bonchev–Trinajstić information content (AvgIpc) is 1.50. The van der Waals surface area contributed by atoms with Gasteiger partial charge in [-0.15, -0.1) is 58.7 Å². The Labute approximate surface area is 884 Å². The van der Waals surface area contributed by atoms with Crippen molar-refractivity contribution in [2.45, 2.75) is 411 Å². The van der Waals surface area contributed by atoms with Crippen LogP contribution >= 0.6 is 0 Å². The summed E-state index contributed by atoms with van der Waals surface area (Å²) in [5, 5.41) is 0. The second-order valence-corrected chi connectivity index (χ2v) is 45.5. The van der Waals surface area contributed by atoms with Gasteiger partial charge in [0.2, 0.25) is 0 Å². The van der Waals surface area contributed by atoms with Gasteiger partial charge in [-0.25, -0.2) is 15.0 Å². The predicted molar refractivity (Wildman–Crippen MR) is 593 cm³/mol. The Hall–Kier alpha value is -8.41. The Bertz CT molecular complexity index is 5840. The molecule has 8 aliphatic rings. The van der Waals surface area contributed by atoms with Crippen molar-refractivity contribution in [3.63, 3.8) is 0 Å². The molecule has 0 N–H and O–H groups in total. The van der Waals surface area contributed by atoms with Crippen molar-refractivity contribution >= 4 is 0 Å². The largest absolute Gasteiger partial charge is 0.304 e. The Morgan fingerprint density at radius 1 is 0.303 bits per heavy atom. The Morgan fingerprint density at radius 3 is 1.13 bits per heavy atom. The van der Waals surface area contributed by atoms with E-state index in [2.05, 4.69) is 262 Å². The molecule has 0 spiro atoms. The number of pyridine rings is 2. The molecule has 5 nitrogen and oxygen atoms in total. The van der Waals surface area contributed by atoms with Crippen molar-refractivity contribution in [3.05, 3.63) is 279 Å². The van der Waals surface area contributed by atoms with E-state index in [0.717, 1.165) is 113 Å². The standard InChI is InChI=1S/C69H82N.C66H83N4.2Ir/c1-3-5-7-11-20-50-30-34-56(35-31-50)59-42-60(57-36-32-51(33-37-57)21-12-8-6-4-2)44-61(43-59)58-38-39-66(70-49-58)63-27-19-29-65-67(63)62-26-17-18-28-64(62)68-45-54(40-52-22-13-9-14-23-52)47-69(65,68)48-55(46-68)41-53-24-15-10-16-25-53;1-7-11-15-19-27-49-41-55(42-50(47(49)5)28-20-16-12-8-2)63-68-62(69-64(70-63)56-43-51(29-21-17-13-9-3)48(6)52(44-56)30-22-18-14-10-4)54-34-36-61(67-46-54)53-33-35-58-57-31-23-24-32-59(57)65-37-25-39-66(65,40-26-38-65)60(58)45-53;;/h17-19,26,28-39,42-44,49,52-55H,3-16,20-25,40-41,45-48H2,1-2H3;23-24,31-36,41-44,46H,7-22,25-30,37-40H2,1-6H3;;/q2*-1;;. The number of hydrogen-bond acceptors (Lipinski definition) is 5. The fourth-order valence-electron chi connectivity index (χ4n) is 29.1. The SMILES string of the molecule is CCCCCCc1cc(-c2nc(-c3ccc(-c4[c-]c5c(cc4)-c4ccccc4C46CCCC54CCC6)nc3)nc(-c3cc(CCCCCC)c(C)c(CCCCCC)c3)n2)cc(CCCCCC)c1C.CCCCCCc1ccc(-c2cc(-c3ccc(CCCCCC)cc3)cc(-c3ccc(-c4[c-]ccc5c4-c4ccccc4C46CC(CC7CCCCC7)CC54CC(CC4CCCCC4)C6)nc3)c2)cc1.[Ir].[Ir]. The number of aryl methyl sites for hydroxylation is 6. The summed E-state index contributed by atoms with van der Waals surface area (Å²) in [7, 11) is 0. The van der Waals surface area contributed by atoms with Gasteiger partial charge in [0.15, 0.2) is 17.5 Å². The fraction of sp³-hybridized carbons (Fsp3) is 0.504. The summed E-state index contributed by atoms with van der Waals surface area (Å²) in [4.78, 5) is 27.0. The molecule has 7 heteroatoms. The van der Waals surface area contributed by atoms with E-state index in [1.165, 1.54) is 401 Å². The summed E-state index contributed by atoms with van der Waals surface area (Å²) >= 11 is 0. The van der Waals surface area contributed by atoms with E-state index in [0.29, 0.717) is 5.82 Å². The molecule has 0 aliphatic heterocycles. The molecule has 142 heavy (non-hydrogen) atoms. The van der Waals surface area contributed by atoms with Crippen molar-refractivity contribution in [2.75, 3.05) is 0 Å². The van der Waals surface area contributed by atoms with Crippen LogP contribution in [0, 0.1) is 49.7 Å². The average molecular weight is 2240 g/mol. The summed E-state index contributed by atoms with van der Waals surface area (Å²) in [5.41, 5.74) is 39.4. The molecule has 3 aromatic heterocycles. The van der Waals surface area contributed by atoms with Gasteiger partial charge in [-0.2, -0.15) is 0 Å². The van der Waals surface area contributed by atoms with E-state index in [1.54, 1.807) is 16.7 Å². The van der Waals surface area contributed by atoms with Crippen LogP contribution in [0.5, 0.6) is 0 Å². The second kappa shape index (κ2) is 49.4. The molecule has 2 unspecified atom stereocenters. The summed E-state index contributed by atoms with van der Waals surface area (Å²) in [5.74, 6) is 5.70.